The van der Waals surface area contributed by atoms with Gasteiger partial charge >= 0.3 is 0 Å². The third-order valence-corrected chi connectivity index (χ3v) is 4.16. The van der Waals surface area contributed by atoms with Crippen LogP contribution in [0.15, 0.2) is 34.8 Å². The number of imidazole rings is 1. The largest absolute Gasteiger partial charge is 0.490 e. The Kier molecular flexibility index (Phi) is 4.81. The van der Waals surface area contributed by atoms with Gasteiger partial charge in [0.25, 0.3) is 0 Å². The Bertz CT molecular complexity index is 871. The van der Waals surface area contributed by atoms with Crippen LogP contribution in [0.25, 0.3) is 22.4 Å². The summed E-state index contributed by atoms with van der Waals surface area (Å²) in [5.74, 6) is 2.25. The molecule has 0 radical (unpaired) electrons. The van der Waals surface area contributed by atoms with Gasteiger partial charge in [0.2, 0.25) is 0 Å². The fourth-order valence-corrected chi connectivity index (χ4v) is 3.11. The van der Waals surface area contributed by atoms with Crippen LogP contribution in [0.4, 0.5) is 0 Å². The Morgan fingerprint density at radius 1 is 1.21 bits per heavy atom. The molecule has 2 aromatic carbocycles. The molecule has 0 aliphatic heterocycles. The SMILES string of the molecule is CCOc1cc(-c2nc3ccc(C)cc3[nH]2)cc(Br)c1OC(C)C. The molecule has 0 saturated heterocycles. The van der Waals surface area contributed by atoms with E-state index in [-0.39, 0.29) is 6.10 Å². The van der Waals surface area contributed by atoms with Crippen molar-refractivity contribution in [2.75, 3.05) is 6.61 Å². The number of nitrogens with one attached hydrogen (secondary N) is 1. The van der Waals surface area contributed by atoms with Crippen LogP contribution in [0.3, 0.4) is 0 Å². The number of benzene rings is 2. The lowest BCUT2D eigenvalue weighted by atomic mass is 10.2. The van der Waals surface area contributed by atoms with E-state index in [0.29, 0.717) is 12.4 Å². The van der Waals surface area contributed by atoms with Gasteiger partial charge in [-0.25, -0.2) is 4.98 Å². The summed E-state index contributed by atoms with van der Waals surface area (Å²) in [4.78, 5) is 8.07. The van der Waals surface area contributed by atoms with Crippen LogP contribution in [0.5, 0.6) is 11.5 Å². The summed E-state index contributed by atoms with van der Waals surface area (Å²) in [6.45, 7) is 8.60. The summed E-state index contributed by atoms with van der Waals surface area (Å²) in [6.07, 6.45) is 0.0699. The van der Waals surface area contributed by atoms with Gasteiger partial charge in [-0.3, -0.25) is 0 Å². The normalized spacial score (nSPS) is 11.2. The van der Waals surface area contributed by atoms with Crippen molar-refractivity contribution in [1.82, 2.24) is 9.97 Å². The molecule has 1 heterocycles. The van der Waals surface area contributed by atoms with Gasteiger partial charge in [-0.2, -0.15) is 0 Å². The number of fused-ring (bicyclic) bond motifs is 1. The predicted molar refractivity (Wildman–Crippen MR) is 101 cm³/mol. The van der Waals surface area contributed by atoms with Gasteiger partial charge in [0.15, 0.2) is 11.5 Å². The van der Waals surface area contributed by atoms with Crippen molar-refractivity contribution in [1.29, 1.82) is 0 Å². The first-order valence-electron chi connectivity index (χ1n) is 8.07. The first-order chi connectivity index (χ1) is 11.5. The maximum atomic E-state index is 5.89. The number of H-pyrrole nitrogens is 1. The summed E-state index contributed by atoms with van der Waals surface area (Å²) in [7, 11) is 0. The molecule has 0 amide bonds. The Morgan fingerprint density at radius 2 is 2.00 bits per heavy atom. The van der Waals surface area contributed by atoms with E-state index in [4.69, 9.17) is 9.47 Å². The van der Waals surface area contributed by atoms with E-state index in [9.17, 15) is 0 Å². The van der Waals surface area contributed by atoms with Gasteiger partial charge in [-0.05, 0) is 73.5 Å². The zero-order valence-corrected chi connectivity index (χ0v) is 15.9. The van der Waals surface area contributed by atoms with Crippen molar-refractivity contribution in [3.05, 3.63) is 40.4 Å². The molecule has 1 aromatic heterocycles. The van der Waals surface area contributed by atoms with Crippen molar-refractivity contribution in [2.24, 2.45) is 0 Å². The standard InChI is InChI=1S/C19H21BrN2O2/c1-5-23-17-10-13(9-14(20)18(17)24-11(2)3)19-21-15-7-6-12(4)8-16(15)22-19/h6-11H,5H2,1-4H3,(H,21,22). The zero-order valence-electron chi connectivity index (χ0n) is 14.3. The van der Waals surface area contributed by atoms with E-state index in [1.807, 2.05) is 39.0 Å². The number of aryl methyl sites for hydroxylation is 1. The second-order valence-electron chi connectivity index (χ2n) is 5.99. The molecule has 0 aliphatic rings. The van der Waals surface area contributed by atoms with Crippen LogP contribution in [0.1, 0.15) is 26.3 Å². The number of aromatic nitrogens is 2. The quantitative estimate of drug-likeness (QED) is 0.628. The van der Waals surface area contributed by atoms with Crippen LogP contribution in [-0.4, -0.2) is 22.7 Å². The molecule has 0 spiro atoms. The highest BCUT2D eigenvalue weighted by Gasteiger charge is 2.16. The Labute approximate surface area is 150 Å². The summed E-state index contributed by atoms with van der Waals surface area (Å²) < 4.78 is 12.5. The first kappa shape index (κ1) is 16.8. The van der Waals surface area contributed by atoms with Crippen LogP contribution >= 0.6 is 15.9 Å². The average Bonchev–Trinajstić information content (AvgIpc) is 2.93. The highest BCUT2D eigenvalue weighted by atomic mass is 79.9. The minimum atomic E-state index is 0.0699. The van der Waals surface area contributed by atoms with Crippen molar-refractivity contribution < 1.29 is 9.47 Å². The van der Waals surface area contributed by atoms with Crippen molar-refractivity contribution >= 4 is 27.0 Å². The number of ether oxygens (including phenoxy) is 2. The van der Waals surface area contributed by atoms with Gasteiger partial charge in [0, 0.05) is 5.56 Å². The molecule has 5 heteroatoms. The summed E-state index contributed by atoms with van der Waals surface area (Å²) >= 11 is 3.60. The molecule has 0 atom stereocenters. The highest BCUT2D eigenvalue weighted by Crippen LogP contribution is 2.40. The Balaban J connectivity index is 2.09. The monoisotopic (exact) mass is 388 g/mol. The fraction of sp³-hybridized carbons (Fsp3) is 0.316. The second kappa shape index (κ2) is 6.85. The van der Waals surface area contributed by atoms with Crippen LogP contribution in [0, 0.1) is 6.92 Å². The molecular weight excluding hydrogens is 368 g/mol. The lowest BCUT2D eigenvalue weighted by molar-refractivity contribution is 0.222. The van der Waals surface area contributed by atoms with Crippen molar-refractivity contribution in [3.63, 3.8) is 0 Å². The number of aromatic amines is 1. The second-order valence-corrected chi connectivity index (χ2v) is 6.85. The summed E-state index contributed by atoms with van der Waals surface area (Å²) in [5.41, 5.74) is 4.14. The lowest BCUT2D eigenvalue weighted by Gasteiger charge is -2.17. The number of nitrogens with zero attached hydrogens (tertiary/aromatic N) is 1. The van der Waals surface area contributed by atoms with Crippen LogP contribution < -0.4 is 9.47 Å². The zero-order chi connectivity index (χ0) is 17.3. The minimum absolute atomic E-state index is 0.0699. The van der Waals surface area contributed by atoms with Gasteiger partial charge in [-0.1, -0.05) is 6.07 Å². The lowest BCUT2D eigenvalue weighted by Crippen LogP contribution is -2.08. The minimum Gasteiger partial charge on any atom is -0.490 e. The van der Waals surface area contributed by atoms with E-state index in [0.717, 1.165) is 32.6 Å². The van der Waals surface area contributed by atoms with Crippen molar-refractivity contribution in [2.45, 2.75) is 33.8 Å². The van der Waals surface area contributed by atoms with Crippen LogP contribution in [0.2, 0.25) is 0 Å². The number of hydrogen-bond donors (Lipinski definition) is 1. The molecule has 0 bridgehead atoms. The van der Waals surface area contributed by atoms with Gasteiger partial charge in [0.05, 0.1) is 28.2 Å². The topological polar surface area (TPSA) is 47.1 Å². The molecule has 4 nitrogen and oxygen atoms in total. The number of halogens is 1. The van der Waals surface area contributed by atoms with Crippen molar-refractivity contribution in [3.8, 4) is 22.9 Å². The third-order valence-electron chi connectivity index (χ3n) is 3.57. The fourth-order valence-electron chi connectivity index (χ4n) is 2.58. The molecule has 0 aliphatic carbocycles. The molecule has 1 N–H and O–H groups in total. The van der Waals surface area contributed by atoms with E-state index in [1.165, 1.54) is 5.56 Å². The molecule has 24 heavy (non-hydrogen) atoms. The molecule has 3 rings (SSSR count). The highest BCUT2D eigenvalue weighted by molar-refractivity contribution is 9.10. The Morgan fingerprint density at radius 3 is 2.71 bits per heavy atom. The van der Waals surface area contributed by atoms with E-state index in [1.54, 1.807) is 0 Å². The smallest absolute Gasteiger partial charge is 0.175 e. The summed E-state index contributed by atoms with van der Waals surface area (Å²) in [6, 6.07) is 10.2. The molecule has 3 aromatic rings. The Hall–Kier alpha value is -2.01. The van der Waals surface area contributed by atoms with E-state index in [2.05, 4.69) is 45.0 Å². The number of rotatable bonds is 5. The number of hydrogen-bond acceptors (Lipinski definition) is 3. The van der Waals surface area contributed by atoms with Gasteiger partial charge in [0.1, 0.15) is 5.82 Å². The van der Waals surface area contributed by atoms with E-state index < -0.39 is 0 Å². The molecule has 0 fully saturated rings. The third kappa shape index (κ3) is 3.41. The molecule has 126 valence electrons. The van der Waals surface area contributed by atoms with E-state index >= 15 is 0 Å². The molecule has 0 unspecified atom stereocenters. The summed E-state index contributed by atoms with van der Waals surface area (Å²) in [5, 5.41) is 0. The maximum absolute atomic E-state index is 5.89. The van der Waals surface area contributed by atoms with Crippen LogP contribution in [-0.2, 0) is 0 Å². The maximum Gasteiger partial charge on any atom is 0.175 e. The van der Waals surface area contributed by atoms with Gasteiger partial charge in [-0.15, -0.1) is 0 Å². The molecular formula is C19H21BrN2O2. The molecule has 0 saturated carbocycles. The average molecular weight is 389 g/mol. The predicted octanol–water partition coefficient (Wildman–Crippen LogP) is 5.49. The van der Waals surface area contributed by atoms with Gasteiger partial charge < -0.3 is 14.5 Å². The first-order valence-corrected chi connectivity index (χ1v) is 8.87.